The molecule has 1 aromatic carbocycles. The second kappa shape index (κ2) is 9.30. The lowest BCUT2D eigenvalue weighted by Gasteiger charge is -2.37. The molecule has 2 fully saturated rings. The molecule has 2 heteroatoms. The molecule has 0 amide bonds. The summed E-state index contributed by atoms with van der Waals surface area (Å²) in [5.74, 6) is 3.67. The first-order chi connectivity index (χ1) is 11.7. The molecule has 0 bridgehead atoms. The fourth-order valence-electron chi connectivity index (χ4n) is 4.88. The van der Waals surface area contributed by atoms with Gasteiger partial charge in [0, 0.05) is 10.6 Å². The first-order valence-corrected chi connectivity index (χ1v) is 10.6. The Bertz CT molecular complexity index is 503. The summed E-state index contributed by atoms with van der Waals surface area (Å²) in [4.78, 5) is 0. The largest absolute Gasteiger partial charge is 0.0933 e. The second-order valence-corrected chi connectivity index (χ2v) is 8.63. The molecule has 0 atom stereocenters. The van der Waals surface area contributed by atoms with Crippen molar-refractivity contribution in [3.63, 3.8) is 0 Å². The molecule has 0 aromatic heterocycles. The van der Waals surface area contributed by atoms with Crippen molar-refractivity contribution in [2.75, 3.05) is 0 Å². The average molecular weight is 365 g/mol. The molecule has 2 aliphatic rings. The molecule has 0 spiro atoms. The van der Waals surface area contributed by atoms with Crippen LogP contribution in [-0.4, -0.2) is 0 Å². The summed E-state index contributed by atoms with van der Waals surface area (Å²) in [6, 6.07) is 8.40. The lowest BCUT2D eigenvalue weighted by atomic mass is 9.68. The maximum Gasteiger partial charge on any atom is 0.0406 e. The number of hydrogen-bond donors (Lipinski definition) is 0. The molecule has 2 aliphatic carbocycles. The van der Waals surface area contributed by atoms with Gasteiger partial charge in [-0.2, -0.15) is 0 Å². The third-order valence-corrected chi connectivity index (χ3v) is 6.87. The standard InChI is InChI=1S/C22H30Cl2/c23-16-15-19-5-11-21(12-6-19)20-9-3-17(4-10-20)1-2-18-7-13-22(24)14-8-18/h7-8,13-17,19-21H,1-6,9-12H2/b16-15+. The third-order valence-electron chi connectivity index (χ3n) is 6.47. The summed E-state index contributed by atoms with van der Waals surface area (Å²) in [6.45, 7) is 0. The van der Waals surface area contributed by atoms with E-state index < -0.39 is 0 Å². The Balaban J connectivity index is 1.37. The van der Waals surface area contributed by atoms with Crippen LogP contribution in [0.3, 0.4) is 0 Å². The molecule has 0 radical (unpaired) electrons. The first-order valence-electron chi connectivity index (χ1n) is 9.76. The average Bonchev–Trinajstić information content (AvgIpc) is 2.63. The highest BCUT2D eigenvalue weighted by Crippen LogP contribution is 2.42. The minimum absolute atomic E-state index is 0.745. The normalized spacial score (nSPS) is 31.4. The van der Waals surface area contributed by atoms with Crippen LogP contribution >= 0.6 is 23.2 Å². The maximum absolute atomic E-state index is 5.97. The molecule has 3 rings (SSSR count). The minimum atomic E-state index is 0.745. The van der Waals surface area contributed by atoms with E-state index in [-0.39, 0.29) is 0 Å². The Hall–Kier alpha value is -0.460. The lowest BCUT2D eigenvalue weighted by Crippen LogP contribution is -2.25. The van der Waals surface area contributed by atoms with Crippen LogP contribution in [0.2, 0.25) is 5.02 Å². The highest BCUT2D eigenvalue weighted by molar-refractivity contribution is 6.30. The Kier molecular flexibility index (Phi) is 7.10. The van der Waals surface area contributed by atoms with Crippen molar-refractivity contribution in [3.8, 4) is 0 Å². The van der Waals surface area contributed by atoms with Crippen molar-refractivity contribution in [3.05, 3.63) is 46.5 Å². The molecular weight excluding hydrogens is 335 g/mol. The SMILES string of the molecule is Cl/C=C/C1CCC(C2CCC(CCc3ccc(Cl)cc3)CC2)CC1. The molecule has 0 aliphatic heterocycles. The van der Waals surface area contributed by atoms with Crippen molar-refractivity contribution in [2.24, 2.45) is 23.7 Å². The molecule has 0 saturated heterocycles. The van der Waals surface area contributed by atoms with Crippen LogP contribution in [0.1, 0.15) is 63.4 Å². The van der Waals surface area contributed by atoms with Gasteiger partial charge in [-0.05, 0) is 92.7 Å². The van der Waals surface area contributed by atoms with Crippen molar-refractivity contribution in [2.45, 2.75) is 64.2 Å². The Morgan fingerprint density at radius 2 is 1.42 bits per heavy atom. The van der Waals surface area contributed by atoms with Gasteiger partial charge < -0.3 is 0 Å². The second-order valence-electron chi connectivity index (χ2n) is 7.94. The van der Waals surface area contributed by atoms with E-state index in [0.717, 1.165) is 28.7 Å². The van der Waals surface area contributed by atoms with E-state index in [1.54, 1.807) is 5.54 Å². The van der Waals surface area contributed by atoms with Gasteiger partial charge in [0.1, 0.15) is 0 Å². The van der Waals surface area contributed by atoms with Gasteiger partial charge in [0.25, 0.3) is 0 Å². The molecule has 0 N–H and O–H groups in total. The van der Waals surface area contributed by atoms with E-state index in [0.29, 0.717) is 0 Å². The van der Waals surface area contributed by atoms with Gasteiger partial charge in [0.05, 0.1) is 0 Å². The van der Waals surface area contributed by atoms with E-state index >= 15 is 0 Å². The van der Waals surface area contributed by atoms with Crippen LogP contribution in [0.25, 0.3) is 0 Å². The molecule has 0 heterocycles. The molecule has 0 nitrogen and oxygen atoms in total. The van der Waals surface area contributed by atoms with Crippen LogP contribution in [0.5, 0.6) is 0 Å². The highest BCUT2D eigenvalue weighted by atomic mass is 35.5. The van der Waals surface area contributed by atoms with Gasteiger partial charge in [-0.15, -0.1) is 0 Å². The summed E-state index contributed by atoms with van der Waals surface area (Å²) in [5.41, 5.74) is 3.16. The molecule has 132 valence electrons. The smallest absolute Gasteiger partial charge is 0.0406 e. The third kappa shape index (κ3) is 5.27. The monoisotopic (exact) mass is 364 g/mol. The number of benzene rings is 1. The highest BCUT2D eigenvalue weighted by Gasteiger charge is 2.30. The maximum atomic E-state index is 5.97. The van der Waals surface area contributed by atoms with Crippen LogP contribution in [-0.2, 0) is 6.42 Å². The summed E-state index contributed by atoms with van der Waals surface area (Å²) in [7, 11) is 0. The minimum Gasteiger partial charge on any atom is -0.0933 e. The number of allylic oxidation sites excluding steroid dienone is 1. The van der Waals surface area contributed by atoms with Gasteiger partial charge in [0.15, 0.2) is 0 Å². The molecular formula is C22H30Cl2. The van der Waals surface area contributed by atoms with Gasteiger partial charge >= 0.3 is 0 Å². The summed E-state index contributed by atoms with van der Waals surface area (Å²) < 4.78 is 0. The van der Waals surface area contributed by atoms with E-state index in [9.17, 15) is 0 Å². The van der Waals surface area contributed by atoms with Crippen molar-refractivity contribution in [1.29, 1.82) is 0 Å². The first kappa shape index (κ1) is 18.3. The number of rotatable bonds is 5. The molecule has 1 aromatic rings. The zero-order chi connectivity index (χ0) is 16.8. The van der Waals surface area contributed by atoms with Gasteiger partial charge in [-0.3, -0.25) is 0 Å². The van der Waals surface area contributed by atoms with E-state index in [1.165, 1.54) is 69.8 Å². The predicted octanol–water partition coefficient (Wildman–Crippen LogP) is 7.64. The van der Waals surface area contributed by atoms with Crippen LogP contribution in [0.15, 0.2) is 35.9 Å². The summed E-state index contributed by atoms with van der Waals surface area (Å²) >= 11 is 11.7. The van der Waals surface area contributed by atoms with Gasteiger partial charge in [0.2, 0.25) is 0 Å². The van der Waals surface area contributed by atoms with Gasteiger partial charge in [-0.1, -0.05) is 54.3 Å². The van der Waals surface area contributed by atoms with Crippen LogP contribution < -0.4 is 0 Å². The quantitative estimate of drug-likeness (QED) is 0.503. The van der Waals surface area contributed by atoms with Crippen molar-refractivity contribution >= 4 is 23.2 Å². The van der Waals surface area contributed by atoms with E-state index in [4.69, 9.17) is 23.2 Å². The summed E-state index contributed by atoms with van der Waals surface area (Å²) in [6.07, 6.45) is 16.1. The predicted molar refractivity (Wildman–Crippen MR) is 106 cm³/mol. The Morgan fingerprint density at radius 3 is 2.00 bits per heavy atom. The summed E-state index contributed by atoms with van der Waals surface area (Å²) in [5, 5.41) is 0.843. The van der Waals surface area contributed by atoms with Crippen LogP contribution in [0, 0.1) is 23.7 Å². The van der Waals surface area contributed by atoms with Crippen LogP contribution in [0.4, 0.5) is 0 Å². The Morgan fingerprint density at radius 1 is 0.833 bits per heavy atom. The van der Waals surface area contributed by atoms with Crippen molar-refractivity contribution in [1.82, 2.24) is 0 Å². The molecule has 24 heavy (non-hydrogen) atoms. The number of aryl methyl sites for hydroxylation is 1. The fraction of sp³-hybridized carbons (Fsp3) is 0.636. The zero-order valence-corrected chi connectivity index (χ0v) is 16.1. The van der Waals surface area contributed by atoms with E-state index in [2.05, 4.69) is 18.2 Å². The number of halogens is 2. The lowest BCUT2D eigenvalue weighted by molar-refractivity contribution is 0.153. The fourth-order valence-corrected chi connectivity index (χ4v) is 5.21. The Labute approximate surface area is 157 Å². The molecule has 0 unspecified atom stereocenters. The topological polar surface area (TPSA) is 0 Å². The molecule has 2 saturated carbocycles. The van der Waals surface area contributed by atoms with Gasteiger partial charge in [-0.25, -0.2) is 0 Å². The number of hydrogen-bond acceptors (Lipinski definition) is 0. The van der Waals surface area contributed by atoms with E-state index in [1.807, 2.05) is 12.1 Å². The van der Waals surface area contributed by atoms with Crippen molar-refractivity contribution < 1.29 is 0 Å². The zero-order valence-electron chi connectivity index (χ0n) is 14.6.